The van der Waals surface area contributed by atoms with Gasteiger partial charge < -0.3 is 5.32 Å². The highest BCUT2D eigenvalue weighted by molar-refractivity contribution is 7.99. The van der Waals surface area contributed by atoms with Crippen LogP contribution in [0.5, 0.6) is 0 Å². The molecule has 1 N–H and O–H groups in total. The van der Waals surface area contributed by atoms with E-state index < -0.39 is 0 Å². The van der Waals surface area contributed by atoms with E-state index in [2.05, 4.69) is 44.5 Å². The number of hydrogen-bond donors (Lipinski definition) is 1. The van der Waals surface area contributed by atoms with Crippen molar-refractivity contribution in [1.82, 2.24) is 20.1 Å². The largest absolute Gasteiger partial charge is 0.358 e. The van der Waals surface area contributed by atoms with Gasteiger partial charge in [0.25, 0.3) is 0 Å². The van der Waals surface area contributed by atoms with Crippen LogP contribution >= 0.6 is 23.1 Å². The van der Waals surface area contributed by atoms with Crippen LogP contribution in [0.2, 0.25) is 0 Å². The molecule has 0 spiro atoms. The molecule has 0 radical (unpaired) electrons. The van der Waals surface area contributed by atoms with Crippen LogP contribution in [0.25, 0.3) is 10.7 Å². The standard InChI is InChI=1S/C18H24N4OS2/c1-11(14-9-12-5-6-13(14)8-12)22-17(15-4-3-7-24-15)20-21-18(22)25-10-16(23)19-2/h3-4,7,11-14H,5-6,8-10H2,1-2H3,(H,19,23). The van der Waals surface area contributed by atoms with E-state index >= 15 is 0 Å². The molecular weight excluding hydrogens is 352 g/mol. The minimum atomic E-state index is 0.0183. The summed E-state index contributed by atoms with van der Waals surface area (Å²) in [5, 5.41) is 14.5. The molecule has 2 saturated carbocycles. The Hall–Kier alpha value is -1.34. The fraction of sp³-hybridized carbons (Fsp3) is 0.611. The average Bonchev–Trinajstić information content (AvgIpc) is 3.41. The van der Waals surface area contributed by atoms with Gasteiger partial charge in [-0.15, -0.1) is 21.5 Å². The van der Waals surface area contributed by atoms with Crippen LogP contribution in [0.4, 0.5) is 0 Å². The molecular formula is C18H24N4OS2. The van der Waals surface area contributed by atoms with Crippen molar-refractivity contribution in [3.8, 4) is 10.7 Å². The lowest BCUT2D eigenvalue weighted by Gasteiger charge is -2.30. The zero-order valence-electron chi connectivity index (χ0n) is 14.6. The predicted octanol–water partition coefficient (Wildman–Crippen LogP) is 3.84. The first-order valence-corrected chi connectivity index (χ1v) is 10.9. The van der Waals surface area contributed by atoms with Crippen molar-refractivity contribution in [3.63, 3.8) is 0 Å². The van der Waals surface area contributed by atoms with Crippen LogP contribution in [-0.4, -0.2) is 33.5 Å². The van der Waals surface area contributed by atoms with Gasteiger partial charge in [-0.3, -0.25) is 9.36 Å². The Balaban J connectivity index is 1.65. The molecule has 25 heavy (non-hydrogen) atoms. The maximum absolute atomic E-state index is 11.7. The summed E-state index contributed by atoms with van der Waals surface area (Å²) in [4.78, 5) is 12.8. The maximum atomic E-state index is 11.7. The predicted molar refractivity (Wildman–Crippen MR) is 102 cm³/mol. The van der Waals surface area contributed by atoms with Gasteiger partial charge in [0.1, 0.15) is 0 Å². The molecule has 2 fully saturated rings. The van der Waals surface area contributed by atoms with Gasteiger partial charge in [-0.2, -0.15) is 0 Å². The monoisotopic (exact) mass is 376 g/mol. The Labute approximate surface area is 156 Å². The van der Waals surface area contributed by atoms with Gasteiger partial charge in [-0.1, -0.05) is 24.2 Å². The Morgan fingerprint density at radius 2 is 2.32 bits per heavy atom. The Bertz CT molecular complexity index is 742. The summed E-state index contributed by atoms with van der Waals surface area (Å²) in [6.45, 7) is 2.32. The van der Waals surface area contributed by atoms with Crippen molar-refractivity contribution < 1.29 is 4.79 Å². The van der Waals surface area contributed by atoms with Crippen molar-refractivity contribution in [1.29, 1.82) is 0 Å². The lowest BCUT2D eigenvalue weighted by molar-refractivity contribution is -0.118. The van der Waals surface area contributed by atoms with Gasteiger partial charge in [0, 0.05) is 13.1 Å². The maximum Gasteiger partial charge on any atom is 0.230 e. The van der Waals surface area contributed by atoms with Gasteiger partial charge in [-0.25, -0.2) is 0 Å². The Kier molecular flexibility index (Phi) is 4.86. The van der Waals surface area contributed by atoms with Crippen LogP contribution in [-0.2, 0) is 4.79 Å². The quantitative estimate of drug-likeness (QED) is 0.778. The van der Waals surface area contributed by atoms with Crippen molar-refractivity contribution >= 4 is 29.0 Å². The van der Waals surface area contributed by atoms with E-state index in [4.69, 9.17) is 0 Å². The summed E-state index contributed by atoms with van der Waals surface area (Å²) in [7, 11) is 1.67. The highest BCUT2D eigenvalue weighted by Crippen LogP contribution is 2.53. The van der Waals surface area contributed by atoms with Gasteiger partial charge in [0.2, 0.25) is 5.91 Å². The third-order valence-corrected chi connectivity index (χ3v) is 7.65. The lowest BCUT2D eigenvalue weighted by atomic mass is 9.84. The number of nitrogens with one attached hydrogen (secondary N) is 1. The fourth-order valence-corrected chi connectivity index (χ4v) is 6.20. The minimum Gasteiger partial charge on any atom is -0.358 e. The molecule has 0 saturated heterocycles. The molecule has 7 heteroatoms. The number of nitrogens with zero attached hydrogens (tertiary/aromatic N) is 3. The second-order valence-corrected chi connectivity index (χ2v) is 9.08. The van der Waals surface area contributed by atoms with Crippen LogP contribution in [0.15, 0.2) is 22.7 Å². The number of rotatable bonds is 6. The van der Waals surface area contributed by atoms with Crippen molar-refractivity contribution in [2.45, 2.75) is 43.8 Å². The number of fused-ring (bicyclic) bond motifs is 2. The van der Waals surface area contributed by atoms with E-state index in [1.165, 1.54) is 37.4 Å². The van der Waals surface area contributed by atoms with E-state index in [0.29, 0.717) is 17.7 Å². The lowest BCUT2D eigenvalue weighted by Crippen LogP contribution is -2.24. The molecule has 4 atom stereocenters. The zero-order valence-corrected chi connectivity index (χ0v) is 16.3. The molecule has 5 nitrogen and oxygen atoms in total. The van der Waals surface area contributed by atoms with E-state index in [0.717, 1.165) is 27.7 Å². The molecule has 2 aromatic rings. The number of thiophene rings is 1. The third-order valence-electron chi connectivity index (χ3n) is 5.84. The fourth-order valence-electron chi connectivity index (χ4n) is 4.59. The summed E-state index contributed by atoms with van der Waals surface area (Å²) in [6, 6.07) is 4.53. The first-order valence-electron chi connectivity index (χ1n) is 8.99. The van der Waals surface area contributed by atoms with Crippen molar-refractivity contribution in [3.05, 3.63) is 17.5 Å². The molecule has 0 aliphatic heterocycles. The first-order chi connectivity index (χ1) is 12.2. The summed E-state index contributed by atoms with van der Waals surface area (Å²) in [5.41, 5.74) is 0. The molecule has 2 aliphatic rings. The molecule has 2 bridgehead atoms. The normalized spacial score (nSPS) is 26.1. The van der Waals surface area contributed by atoms with Gasteiger partial charge in [0.05, 0.1) is 10.6 Å². The molecule has 2 aromatic heterocycles. The number of aromatic nitrogens is 3. The summed E-state index contributed by atoms with van der Waals surface area (Å²) in [6.07, 6.45) is 5.50. The third kappa shape index (κ3) is 3.24. The Morgan fingerprint density at radius 3 is 2.96 bits per heavy atom. The molecule has 2 heterocycles. The minimum absolute atomic E-state index is 0.0183. The van der Waals surface area contributed by atoms with E-state index in [-0.39, 0.29) is 5.91 Å². The van der Waals surface area contributed by atoms with E-state index in [1.54, 1.807) is 18.4 Å². The topological polar surface area (TPSA) is 59.8 Å². The smallest absolute Gasteiger partial charge is 0.230 e. The van der Waals surface area contributed by atoms with Gasteiger partial charge in [-0.05, 0) is 55.4 Å². The highest BCUT2D eigenvalue weighted by atomic mass is 32.2. The molecule has 134 valence electrons. The zero-order chi connectivity index (χ0) is 17.4. The van der Waals surface area contributed by atoms with Crippen molar-refractivity contribution in [2.75, 3.05) is 12.8 Å². The van der Waals surface area contributed by atoms with Gasteiger partial charge >= 0.3 is 0 Å². The van der Waals surface area contributed by atoms with Gasteiger partial charge in [0.15, 0.2) is 11.0 Å². The van der Waals surface area contributed by atoms with Crippen LogP contribution in [0, 0.1) is 17.8 Å². The molecule has 4 rings (SSSR count). The highest BCUT2D eigenvalue weighted by Gasteiger charge is 2.43. The number of carbonyl (C=O) groups excluding carboxylic acids is 1. The summed E-state index contributed by atoms with van der Waals surface area (Å²) >= 11 is 3.18. The summed E-state index contributed by atoms with van der Waals surface area (Å²) < 4.78 is 2.30. The van der Waals surface area contributed by atoms with Crippen LogP contribution in [0.1, 0.15) is 38.6 Å². The Morgan fingerprint density at radius 1 is 1.44 bits per heavy atom. The molecule has 0 aromatic carbocycles. The van der Waals surface area contributed by atoms with Crippen molar-refractivity contribution in [2.24, 2.45) is 17.8 Å². The van der Waals surface area contributed by atoms with E-state index in [1.807, 2.05) is 0 Å². The van der Waals surface area contributed by atoms with E-state index in [9.17, 15) is 4.79 Å². The number of hydrogen-bond acceptors (Lipinski definition) is 5. The molecule has 2 aliphatic carbocycles. The molecule has 1 amide bonds. The average molecular weight is 377 g/mol. The SMILES string of the molecule is CNC(=O)CSc1nnc(-c2cccs2)n1C(C)C1CC2CCC1C2. The second-order valence-electron chi connectivity index (χ2n) is 7.19. The second kappa shape index (κ2) is 7.11. The number of amides is 1. The van der Waals surface area contributed by atoms with Crippen LogP contribution in [0.3, 0.4) is 0 Å². The van der Waals surface area contributed by atoms with Crippen LogP contribution < -0.4 is 5.32 Å². The first kappa shape index (κ1) is 17.1. The summed E-state index contributed by atoms with van der Waals surface area (Å²) in [5.74, 6) is 3.81. The number of carbonyl (C=O) groups is 1. The number of thioether (sulfide) groups is 1. The molecule has 4 unspecified atom stereocenters.